The van der Waals surface area contributed by atoms with E-state index >= 15 is 0 Å². The van der Waals surface area contributed by atoms with Crippen molar-refractivity contribution in [3.05, 3.63) is 35.1 Å². The molecule has 1 aromatic rings. The zero-order valence-corrected chi connectivity index (χ0v) is 11.4. The van der Waals surface area contributed by atoms with E-state index in [1.807, 2.05) is 19.1 Å². The molecule has 1 atom stereocenters. The van der Waals surface area contributed by atoms with Gasteiger partial charge in [-0.3, -0.25) is 4.90 Å². The Kier molecular flexibility index (Phi) is 4.72. The third kappa shape index (κ3) is 3.09. The number of rotatable bonds is 4. The summed E-state index contributed by atoms with van der Waals surface area (Å²) in [6.45, 7) is 8.34. The largest absolute Gasteiger partial charge is 0.314 e. The summed E-state index contributed by atoms with van der Waals surface area (Å²) >= 11 is 0. The summed E-state index contributed by atoms with van der Waals surface area (Å²) in [6.07, 6.45) is 2.30. The van der Waals surface area contributed by atoms with Crippen LogP contribution in [0, 0.1) is 12.7 Å². The molecule has 0 unspecified atom stereocenters. The molecule has 0 saturated carbocycles. The first-order valence-corrected chi connectivity index (χ1v) is 6.93. The lowest BCUT2D eigenvalue weighted by atomic mass is 9.98. The van der Waals surface area contributed by atoms with Gasteiger partial charge in [-0.25, -0.2) is 4.39 Å². The maximum absolute atomic E-state index is 13.4. The van der Waals surface area contributed by atoms with E-state index in [-0.39, 0.29) is 5.82 Å². The molecule has 0 radical (unpaired) electrons. The molecule has 2 rings (SSSR count). The predicted octanol–water partition coefficient (Wildman–Crippen LogP) is 2.88. The number of aryl methyl sites for hydroxylation is 1. The van der Waals surface area contributed by atoms with Gasteiger partial charge in [0.15, 0.2) is 0 Å². The minimum atomic E-state index is -0.102. The molecule has 18 heavy (non-hydrogen) atoms. The number of nitrogens with zero attached hydrogens (tertiary/aromatic N) is 1. The first-order chi connectivity index (χ1) is 8.72. The second kappa shape index (κ2) is 6.30. The molecule has 1 aliphatic rings. The first kappa shape index (κ1) is 13.5. The minimum absolute atomic E-state index is 0.102. The fourth-order valence-electron chi connectivity index (χ4n) is 2.70. The van der Waals surface area contributed by atoms with Crippen LogP contribution in [0.5, 0.6) is 0 Å². The molecule has 0 aromatic heterocycles. The fourth-order valence-corrected chi connectivity index (χ4v) is 2.70. The lowest BCUT2D eigenvalue weighted by molar-refractivity contribution is 0.164. The van der Waals surface area contributed by atoms with Crippen molar-refractivity contribution in [1.29, 1.82) is 0 Å². The van der Waals surface area contributed by atoms with Crippen molar-refractivity contribution in [1.82, 2.24) is 10.2 Å². The van der Waals surface area contributed by atoms with Gasteiger partial charge >= 0.3 is 0 Å². The van der Waals surface area contributed by atoms with Crippen LogP contribution in [0.1, 0.15) is 36.9 Å². The van der Waals surface area contributed by atoms with Crippen molar-refractivity contribution < 1.29 is 4.39 Å². The van der Waals surface area contributed by atoms with E-state index in [0.29, 0.717) is 6.04 Å². The fraction of sp³-hybridized carbons (Fsp3) is 0.600. The molecular formula is C15H23FN2. The Balaban J connectivity index is 2.19. The van der Waals surface area contributed by atoms with Crippen LogP contribution < -0.4 is 5.32 Å². The average molecular weight is 250 g/mol. The normalized spacial score (nSPS) is 18.8. The van der Waals surface area contributed by atoms with Gasteiger partial charge in [-0.2, -0.15) is 0 Å². The van der Waals surface area contributed by atoms with Crippen molar-refractivity contribution in [2.75, 3.05) is 26.2 Å². The minimum Gasteiger partial charge on any atom is -0.314 e. The maximum Gasteiger partial charge on any atom is 0.126 e. The SMILES string of the molecule is CCC[C@H](c1ccc(F)c(C)c1)N1CCNCC1. The Morgan fingerprint density at radius 3 is 2.67 bits per heavy atom. The molecule has 1 fully saturated rings. The van der Waals surface area contributed by atoms with Gasteiger partial charge in [0.25, 0.3) is 0 Å². The molecule has 2 nitrogen and oxygen atoms in total. The van der Waals surface area contributed by atoms with Crippen LogP contribution in [0.4, 0.5) is 4.39 Å². The summed E-state index contributed by atoms with van der Waals surface area (Å²) in [5, 5.41) is 3.38. The Bertz CT molecular complexity index is 386. The molecule has 1 aliphatic heterocycles. The molecule has 0 aliphatic carbocycles. The maximum atomic E-state index is 13.4. The van der Waals surface area contributed by atoms with Gasteiger partial charge < -0.3 is 5.32 Å². The van der Waals surface area contributed by atoms with Gasteiger partial charge in [0.2, 0.25) is 0 Å². The summed E-state index contributed by atoms with van der Waals surface area (Å²) in [4.78, 5) is 2.52. The van der Waals surface area contributed by atoms with Crippen molar-refractivity contribution in [2.45, 2.75) is 32.7 Å². The van der Waals surface area contributed by atoms with Crippen molar-refractivity contribution in [3.63, 3.8) is 0 Å². The Hall–Kier alpha value is -0.930. The van der Waals surface area contributed by atoms with E-state index in [0.717, 1.165) is 44.6 Å². The second-order valence-electron chi connectivity index (χ2n) is 5.10. The molecule has 0 spiro atoms. The molecular weight excluding hydrogens is 227 g/mol. The van der Waals surface area contributed by atoms with Crippen LogP contribution in [-0.4, -0.2) is 31.1 Å². The van der Waals surface area contributed by atoms with E-state index in [1.165, 1.54) is 5.56 Å². The van der Waals surface area contributed by atoms with E-state index < -0.39 is 0 Å². The van der Waals surface area contributed by atoms with Crippen LogP contribution in [0.3, 0.4) is 0 Å². The molecule has 0 amide bonds. The van der Waals surface area contributed by atoms with E-state index in [1.54, 1.807) is 6.07 Å². The average Bonchev–Trinajstić information content (AvgIpc) is 2.40. The van der Waals surface area contributed by atoms with Gasteiger partial charge in [0.05, 0.1) is 0 Å². The second-order valence-corrected chi connectivity index (χ2v) is 5.10. The standard InChI is InChI=1S/C15H23FN2/c1-3-4-15(18-9-7-17-8-10-18)13-5-6-14(16)12(2)11-13/h5-6,11,15,17H,3-4,7-10H2,1-2H3/t15-/m1/s1. The molecule has 3 heteroatoms. The predicted molar refractivity (Wildman–Crippen MR) is 73.2 cm³/mol. The van der Waals surface area contributed by atoms with E-state index in [9.17, 15) is 4.39 Å². The lowest BCUT2D eigenvalue weighted by Gasteiger charge is -2.35. The van der Waals surface area contributed by atoms with Crippen LogP contribution in [-0.2, 0) is 0 Å². The highest BCUT2D eigenvalue weighted by Gasteiger charge is 2.21. The van der Waals surface area contributed by atoms with Crippen LogP contribution >= 0.6 is 0 Å². The van der Waals surface area contributed by atoms with Crippen molar-refractivity contribution in [2.24, 2.45) is 0 Å². The van der Waals surface area contributed by atoms with Gasteiger partial charge in [0, 0.05) is 32.2 Å². The summed E-state index contributed by atoms with van der Waals surface area (Å²) < 4.78 is 13.4. The highest BCUT2D eigenvalue weighted by Crippen LogP contribution is 2.27. The Labute approximate surface area is 109 Å². The lowest BCUT2D eigenvalue weighted by Crippen LogP contribution is -2.45. The Morgan fingerprint density at radius 2 is 2.06 bits per heavy atom. The van der Waals surface area contributed by atoms with Gasteiger partial charge in [-0.15, -0.1) is 0 Å². The van der Waals surface area contributed by atoms with E-state index in [2.05, 4.69) is 17.1 Å². The number of piperazine rings is 1. The smallest absolute Gasteiger partial charge is 0.126 e. The zero-order chi connectivity index (χ0) is 13.0. The van der Waals surface area contributed by atoms with Crippen molar-refractivity contribution >= 4 is 0 Å². The summed E-state index contributed by atoms with van der Waals surface area (Å²) in [7, 11) is 0. The third-order valence-corrected chi connectivity index (χ3v) is 3.72. The number of hydrogen-bond acceptors (Lipinski definition) is 2. The molecule has 1 aromatic carbocycles. The molecule has 1 heterocycles. The number of nitrogens with one attached hydrogen (secondary N) is 1. The van der Waals surface area contributed by atoms with Gasteiger partial charge in [-0.1, -0.05) is 25.5 Å². The topological polar surface area (TPSA) is 15.3 Å². The summed E-state index contributed by atoms with van der Waals surface area (Å²) in [5.41, 5.74) is 2.02. The third-order valence-electron chi connectivity index (χ3n) is 3.72. The van der Waals surface area contributed by atoms with Crippen LogP contribution in [0.15, 0.2) is 18.2 Å². The first-order valence-electron chi connectivity index (χ1n) is 6.93. The molecule has 100 valence electrons. The highest BCUT2D eigenvalue weighted by atomic mass is 19.1. The van der Waals surface area contributed by atoms with Crippen molar-refractivity contribution in [3.8, 4) is 0 Å². The monoisotopic (exact) mass is 250 g/mol. The van der Waals surface area contributed by atoms with E-state index in [4.69, 9.17) is 0 Å². The van der Waals surface area contributed by atoms with Gasteiger partial charge in [-0.05, 0) is 30.5 Å². The van der Waals surface area contributed by atoms with Crippen LogP contribution in [0.2, 0.25) is 0 Å². The summed E-state index contributed by atoms with van der Waals surface area (Å²) in [5.74, 6) is -0.102. The summed E-state index contributed by atoms with van der Waals surface area (Å²) in [6, 6.07) is 6.01. The zero-order valence-electron chi connectivity index (χ0n) is 11.4. The molecule has 1 saturated heterocycles. The van der Waals surface area contributed by atoms with Gasteiger partial charge in [0.1, 0.15) is 5.82 Å². The number of benzene rings is 1. The number of hydrogen-bond donors (Lipinski definition) is 1. The Morgan fingerprint density at radius 1 is 1.33 bits per heavy atom. The highest BCUT2D eigenvalue weighted by molar-refractivity contribution is 5.26. The van der Waals surface area contributed by atoms with Crippen LogP contribution in [0.25, 0.3) is 0 Å². The number of halogens is 1. The molecule has 0 bridgehead atoms. The molecule has 1 N–H and O–H groups in total. The quantitative estimate of drug-likeness (QED) is 0.884.